The SMILES string of the molecule is COc1cccc(C(N)c2ccn(C)n2)c1. The van der Waals surface area contributed by atoms with Crippen molar-refractivity contribution in [1.29, 1.82) is 0 Å². The molecular formula is C12H15N3O. The van der Waals surface area contributed by atoms with Gasteiger partial charge in [0.05, 0.1) is 18.8 Å². The largest absolute Gasteiger partial charge is 0.497 e. The molecule has 0 saturated carbocycles. The van der Waals surface area contributed by atoms with Crippen LogP contribution in [0.15, 0.2) is 36.5 Å². The first kappa shape index (κ1) is 10.7. The van der Waals surface area contributed by atoms with E-state index in [1.807, 2.05) is 43.6 Å². The zero-order chi connectivity index (χ0) is 11.5. The Morgan fingerprint density at radius 1 is 1.38 bits per heavy atom. The third-order valence-corrected chi connectivity index (χ3v) is 2.51. The topological polar surface area (TPSA) is 53.1 Å². The predicted molar refractivity (Wildman–Crippen MR) is 62.2 cm³/mol. The summed E-state index contributed by atoms with van der Waals surface area (Å²) in [5.41, 5.74) is 7.98. The third kappa shape index (κ3) is 2.06. The van der Waals surface area contributed by atoms with Crippen molar-refractivity contribution in [2.45, 2.75) is 6.04 Å². The van der Waals surface area contributed by atoms with Crippen molar-refractivity contribution in [3.8, 4) is 5.75 Å². The summed E-state index contributed by atoms with van der Waals surface area (Å²) >= 11 is 0. The van der Waals surface area contributed by atoms with Gasteiger partial charge in [0.2, 0.25) is 0 Å². The number of methoxy groups -OCH3 is 1. The fraction of sp³-hybridized carbons (Fsp3) is 0.250. The molecule has 1 aromatic carbocycles. The lowest BCUT2D eigenvalue weighted by atomic mass is 10.0. The summed E-state index contributed by atoms with van der Waals surface area (Å²) in [4.78, 5) is 0. The van der Waals surface area contributed by atoms with E-state index in [9.17, 15) is 0 Å². The van der Waals surface area contributed by atoms with E-state index in [-0.39, 0.29) is 6.04 Å². The van der Waals surface area contributed by atoms with Crippen LogP contribution in [-0.2, 0) is 7.05 Å². The Bertz CT molecular complexity index is 479. The molecule has 0 aliphatic rings. The maximum atomic E-state index is 6.12. The van der Waals surface area contributed by atoms with E-state index in [2.05, 4.69) is 5.10 Å². The molecule has 4 nitrogen and oxygen atoms in total. The lowest BCUT2D eigenvalue weighted by Gasteiger charge is -2.10. The lowest BCUT2D eigenvalue weighted by Crippen LogP contribution is -2.13. The summed E-state index contributed by atoms with van der Waals surface area (Å²) in [5.74, 6) is 0.809. The van der Waals surface area contributed by atoms with Gasteiger partial charge in [0.25, 0.3) is 0 Å². The molecule has 0 radical (unpaired) electrons. The molecular weight excluding hydrogens is 202 g/mol. The van der Waals surface area contributed by atoms with Crippen LogP contribution in [0.2, 0.25) is 0 Å². The first-order chi connectivity index (χ1) is 7.70. The molecule has 0 fully saturated rings. The first-order valence-corrected chi connectivity index (χ1v) is 5.10. The van der Waals surface area contributed by atoms with E-state index in [0.29, 0.717) is 0 Å². The van der Waals surface area contributed by atoms with Crippen LogP contribution < -0.4 is 10.5 Å². The van der Waals surface area contributed by atoms with E-state index in [1.165, 1.54) is 0 Å². The molecule has 84 valence electrons. The normalized spacial score (nSPS) is 12.4. The summed E-state index contributed by atoms with van der Waals surface area (Å²) in [5, 5.41) is 4.29. The minimum atomic E-state index is -0.212. The van der Waals surface area contributed by atoms with Gasteiger partial charge >= 0.3 is 0 Å². The molecule has 2 aromatic rings. The van der Waals surface area contributed by atoms with E-state index < -0.39 is 0 Å². The Hall–Kier alpha value is -1.81. The summed E-state index contributed by atoms with van der Waals surface area (Å²) < 4.78 is 6.91. The smallest absolute Gasteiger partial charge is 0.119 e. The van der Waals surface area contributed by atoms with Crippen molar-refractivity contribution in [3.63, 3.8) is 0 Å². The minimum Gasteiger partial charge on any atom is -0.497 e. The van der Waals surface area contributed by atoms with E-state index in [0.717, 1.165) is 17.0 Å². The molecule has 1 heterocycles. The Kier molecular flexibility index (Phi) is 2.92. The fourth-order valence-electron chi connectivity index (χ4n) is 1.60. The van der Waals surface area contributed by atoms with Crippen LogP contribution in [0.5, 0.6) is 5.75 Å². The number of aromatic nitrogens is 2. The molecule has 0 aliphatic heterocycles. The molecule has 0 bridgehead atoms. The number of benzene rings is 1. The number of hydrogen-bond acceptors (Lipinski definition) is 3. The van der Waals surface area contributed by atoms with Crippen molar-refractivity contribution in [3.05, 3.63) is 47.8 Å². The highest BCUT2D eigenvalue weighted by Crippen LogP contribution is 2.21. The Morgan fingerprint density at radius 2 is 2.19 bits per heavy atom. The monoisotopic (exact) mass is 217 g/mol. The number of nitrogens with zero attached hydrogens (tertiary/aromatic N) is 2. The molecule has 2 rings (SSSR count). The van der Waals surface area contributed by atoms with Crippen molar-refractivity contribution < 1.29 is 4.74 Å². The molecule has 1 unspecified atom stereocenters. The van der Waals surface area contributed by atoms with E-state index in [4.69, 9.17) is 10.5 Å². The van der Waals surface area contributed by atoms with E-state index in [1.54, 1.807) is 11.8 Å². The van der Waals surface area contributed by atoms with Crippen molar-refractivity contribution >= 4 is 0 Å². The minimum absolute atomic E-state index is 0.212. The van der Waals surface area contributed by atoms with Crippen molar-refractivity contribution in [2.24, 2.45) is 12.8 Å². The zero-order valence-corrected chi connectivity index (χ0v) is 9.42. The standard InChI is InChI=1S/C12H15N3O/c1-15-7-6-11(14-15)12(13)9-4-3-5-10(8-9)16-2/h3-8,12H,13H2,1-2H3. The van der Waals surface area contributed by atoms with Crippen LogP contribution >= 0.6 is 0 Å². The first-order valence-electron chi connectivity index (χ1n) is 5.10. The van der Waals surface area contributed by atoms with Crippen LogP contribution in [-0.4, -0.2) is 16.9 Å². The average Bonchev–Trinajstić information content (AvgIpc) is 2.75. The molecule has 0 saturated heterocycles. The van der Waals surface area contributed by atoms with Crippen molar-refractivity contribution in [1.82, 2.24) is 9.78 Å². The van der Waals surface area contributed by atoms with E-state index >= 15 is 0 Å². The van der Waals surface area contributed by atoms with Gasteiger partial charge in [-0.3, -0.25) is 4.68 Å². The second-order valence-corrected chi connectivity index (χ2v) is 3.67. The van der Waals surface area contributed by atoms with Crippen LogP contribution in [0.25, 0.3) is 0 Å². The zero-order valence-electron chi connectivity index (χ0n) is 9.42. The predicted octanol–water partition coefficient (Wildman–Crippen LogP) is 1.48. The quantitative estimate of drug-likeness (QED) is 0.847. The highest BCUT2D eigenvalue weighted by molar-refractivity contribution is 5.33. The highest BCUT2D eigenvalue weighted by Gasteiger charge is 2.11. The van der Waals surface area contributed by atoms with Gasteiger partial charge < -0.3 is 10.5 Å². The summed E-state index contributed by atoms with van der Waals surface area (Å²) in [6, 6.07) is 9.44. The molecule has 2 N–H and O–H groups in total. The third-order valence-electron chi connectivity index (χ3n) is 2.51. The maximum absolute atomic E-state index is 6.12. The second kappa shape index (κ2) is 4.37. The molecule has 1 atom stereocenters. The molecule has 0 amide bonds. The van der Waals surface area contributed by atoms with Crippen LogP contribution in [0.3, 0.4) is 0 Å². The lowest BCUT2D eigenvalue weighted by molar-refractivity contribution is 0.414. The highest BCUT2D eigenvalue weighted by atomic mass is 16.5. The second-order valence-electron chi connectivity index (χ2n) is 3.67. The van der Waals surface area contributed by atoms with Crippen molar-refractivity contribution in [2.75, 3.05) is 7.11 Å². The fourth-order valence-corrected chi connectivity index (χ4v) is 1.60. The summed E-state index contributed by atoms with van der Waals surface area (Å²) in [6.45, 7) is 0. The van der Waals surface area contributed by atoms with Gasteiger partial charge in [0.1, 0.15) is 5.75 Å². The van der Waals surface area contributed by atoms with Crippen LogP contribution in [0.4, 0.5) is 0 Å². The Labute approximate surface area is 94.6 Å². The maximum Gasteiger partial charge on any atom is 0.119 e. The summed E-state index contributed by atoms with van der Waals surface area (Å²) in [7, 11) is 3.52. The number of ether oxygens (including phenoxy) is 1. The van der Waals surface area contributed by atoms with Gasteiger partial charge in [-0.15, -0.1) is 0 Å². The molecule has 1 aromatic heterocycles. The van der Waals surface area contributed by atoms with Gasteiger partial charge in [0.15, 0.2) is 0 Å². The molecule has 16 heavy (non-hydrogen) atoms. The molecule has 0 aliphatic carbocycles. The summed E-state index contributed by atoms with van der Waals surface area (Å²) in [6.07, 6.45) is 1.88. The number of nitrogens with two attached hydrogens (primary N) is 1. The van der Waals surface area contributed by atoms with Crippen LogP contribution in [0, 0.1) is 0 Å². The van der Waals surface area contributed by atoms with Gasteiger partial charge in [-0.05, 0) is 23.8 Å². The van der Waals surface area contributed by atoms with Crippen LogP contribution in [0.1, 0.15) is 17.3 Å². The molecule has 0 spiro atoms. The van der Waals surface area contributed by atoms with Gasteiger partial charge in [-0.25, -0.2) is 0 Å². The Morgan fingerprint density at radius 3 is 2.81 bits per heavy atom. The number of aryl methyl sites for hydroxylation is 1. The van der Waals surface area contributed by atoms with Gasteiger partial charge in [0, 0.05) is 13.2 Å². The molecule has 4 heteroatoms. The van der Waals surface area contributed by atoms with Gasteiger partial charge in [-0.1, -0.05) is 12.1 Å². The number of rotatable bonds is 3. The van der Waals surface area contributed by atoms with Gasteiger partial charge in [-0.2, -0.15) is 5.10 Å². The number of hydrogen-bond donors (Lipinski definition) is 1. The Balaban J connectivity index is 2.29. The average molecular weight is 217 g/mol.